The van der Waals surface area contributed by atoms with Crippen LogP contribution in [0.2, 0.25) is 0 Å². The van der Waals surface area contributed by atoms with Gasteiger partial charge in [0.05, 0.1) is 5.56 Å². The van der Waals surface area contributed by atoms with E-state index in [0.29, 0.717) is 0 Å². The second-order valence-electron chi connectivity index (χ2n) is 7.16. The Morgan fingerprint density at radius 1 is 1.15 bits per heavy atom. The first-order valence-corrected chi connectivity index (χ1v) is 9.53. The largest absolute Gasteiger partial charge is 0.352 e. The Balaban J connectivity index is 1.60. The van der Waals surface area contributed by atoms with E-state index in [1.165, 1.54) is 5.56 Å². The predicted octanol–water partition coefficient (Wildman–Crippen LogP) is 2.43. The van der Waals surface area contributed by atoms with Gasteiger partial charge in [-0.05, 0) is 57.5 Å². The van der Waals surface area contributed by atoms with Crippen LogP contribution in [0, 0.1) is 20.8 Å². The van der Waals surface area contributed by atoms with Crippen LogP contribution in [0.15, 0.2) is 30.3 Å². The molecule has 0 saturated carbocycles. The topological polar surface area (TPSA) is 49.3 Å². The molecule has 2 heterocycles. The third kappa shape index (κ3) is 4.34. The van der Waals surface area contributed by atoms with Gasteiger partial charge in [-0.25, -0.2) is 0 Å². The molecule has 140 valence electrons. The predicted molar refractivity (Wildman–Crippen MR) is 106 cm³/mol. The van der Waals surface area contributed by atoms with Gasteiger partial charge in [0.1, 0.15) is 0 Å². The van der Waals surface area contributed by atoms with Crippen LogP contribution in [-0.4, -0.2) is 54.6 Å². The van der Waals surface area contributed by atoms with E-state index in [0.717, 1.165) is 68.3 Å². The molecule has 5 nitrogen and oxygen atoms in total. The van der Waals surface area contributed by atoms with E-state index in [2.05, 4.69) is 58.2 Å². The van der Waals surface area contributed by atoms with Gasteiger partial charge in [-0.2, -0.15) is 0 Å². The quantitative estimate of drug-likeness (QED) is 0.784. The minimum Gasteiger partial charge on any atom is -0.352 e. The zero-order chi connectivity index (χ0) is 18.5. The fourth-order valence-electron chi connectivity index (χ4n) is 3.69. The number of piperazine rings is 1. The van der Waals surface area contributed by atoms with Gasteiger partial charge in [0.25, 0.3) is 5.91 Å². The van der Waals surface area contributed by atoms with Crippen molar-refractivity contribution in [1.82, 2.24) is 20.1 Å². The summed E-state index contributed by atoms with van der Waals surface area (Å²) in [6.07, 6.45) is 0.988. The SMILES string of the molecule is Cc1cccc(-n2c(C)cc(C(=O)NCCCN3CCNCC3)c2C)c1. The molecule has 0 radical (unpaired) electrons. The summed E-state index contributed by atoms with van der Waals surface area (Å²) in [7, 11) is 0. The molecule has 1 amide bonds. The fourth-order valence-corrected chi connectivity index (χ4v) is 3.69. The van der Waals surface area contributed by atoms with Gasteiger partial charge in [-0.15, -0.1) is 0 Å². The molecule has 1 aliphatic rings. The van der Waals surface area contributed by atoms with Gasteiger partial charge in [0.15, 0.2) is 0 Å². The number of nitrogens with zero attached hydrogens (tertiary/aromatic N) is 2. The van der Waals surface area contributed by atoms with Crippen LogP contribution in [0.1, 0.15) is 33.7 Å². The van der Waals surface area contributed by atoms with Crippen LogP contribution < -0.4 is 10.6 Å². The molecule has 0 atom stereocenters. The lowest BCUT2D eigenvalue weighted by molar-refractivity contribution is 0.0950. The van der Waals surface area contributed by atoms with Crippen LogP contribution >= 0.6 is 0 Å². The number of hydrogen-bond acceptors (Lipinski definition) is 3. The highest BCUT2D eigenvalue weighted by atomic mass is 16.1. The molecule has 5 heteroatoms. The van der Waals surface area contributed by atoms with Crippen LogP contribution in [0.5, 0.6) is 0 Å². The summed E-state index contributed by atoms with van der Waals surface area (Å²) in [5.74, 6) is 0.0253. The lowest BCUT2D eigenvalue weighted by Crippen LogP contribution is -2.44. The van der Waals surface area contributed by atoms with Crippen molar-refractivity contribution >= 4 is 5.91 Å². The lowest BCUT2D eigenvalue weighted by atomic mass is 10.2. The van der Waals surface area contributed by atoms with Gasteiger partial charge in [0.2, 0.25) is 0 Å². The Bertz CT molecular complexity index is 759. The first kappa shape index (κ1) is 18.7. The molecule has 1 aliphatic heterocycles. The number of rotatable bonds is 6. The van der Waals surface area contributed by atoms with E-state index in [9.17, 15) is 4.79 Å². The third-order valence-corrected chi connectivity index (χ3v) is 5.08. The summed E-state index contributed by atoms with van der Waals surface area (Å²) in [5, 5.41) is 6.45. The van der Waals surface area contributed by atoms with Crippen molar-refractivity contribution in [2.45, 2.75) is 27.2 Å². The van der Waals surface area contributed by atoms with Crippen molar-refractivity contribution in [2.24, 2.45) is 0 Å². The maximum absolute atomic E-state index is 12.6. The third-order valence-electron chi connectivity index (χ3n) is 5.08. The number of carbonyl (C=O) groups excluding carboxylic acids is 1. The molecule has 1 aromatic carbocycles. The van der Waals surface area contributed by atoms with E-state index in [1.807, 2.05) is 13.0 Å². The molecule has 0 unspecified atom stereocenters. The summed E-state index contributed by atoms with van der Waals surface area (Å²) < 4.78 is 2.16. The zero-order valence-electron chi connectivity index (χ0n) is 16.1. The van der Waals surface area contributed by atoms with E-state index < -0.39 is 0 Å². The number of aryl methyl sites for hydroxylation is 2. The van der Waals surface area contributed by atoms with Gasteiger partial charge in [0, 0.05) is 49.8 Å². The Kier molecular flexibility index (Phi) is 6.12. The number of carbonyl (C=O) groups is 1. The van der Waals surface area contributed by atoms with Gasteiger partial charge in [-0.1, -0.05) is 12.1 Å². The molecule has 26 heavy (non-hydrogen) atoms. The van der Waals surface area contributed by atoms with Crippen molar-refractivity contribution in [2.75, 3.05) is 39.3 Å². The average Bonchev–Trinajstić information content (AvgIpc) is 2.94. The minimum absolute atomic E-state index is 0.0253. The number of hydrogen-bond donors (Lipinski definition) is 2. The molecule has 2 N–H and O–H groups in total. The summed E-state index contributed by atoms with van der Waals surface area (Å²) in [4.78, 5) is 15.1. The van der Waals surface area contributed by atoms with Crippen LogP contribution in [0.4, 0.5) is 0 Å². The second kappa shape index (κ2) is 8.52. The van der Waals surface area contributed by atoms with Crippen LogP contribution in [-0.2, 0) is 0 Å². The van der Waals surface area contributed by atoms with Crippen LogP contribution in [0.25, 0.3) is 5.69 Å². The van der Waals surface area contributed by atoms with E-state index in [4.69, 9.17) is 0 Å². The molecule has 0 spiro atoms. The first-order valence-electron chi connectivity index (χ1n) is 9.53. The summed E-state index contributed by atoms with van der Waals surface area (Å²) in [5.41, 5.74) is 5.17. The van der Waals surface area contributed by atoms with Gasteiger partial charge in [-0.3, -0.25) is 4.79 Å². The number of aromatic nitrogens is 1. The molecule has 0 bridgehead atoms. The highest BCUT2D eigenvalue weighted by Crippen LogP contribution is 2.21. The molecule has 0 aliphatic carbocycles. The Morgan fingerprint density at radius 3 is 2.65 bits per heavy atom. The normalized spacial score (nSPS) is 15.2. The summed E-state index contributed by atoms with van der Waals surface area (Å²) >= 11 is 0. The Morgan fingerprint density at radius 2 is 1.92 bits per heavy atom. The second-order valence-corrected chi connectivity index (χ2v) is 7.16. The van der Waals surface area contributed by atoms with Crippen molar-refractivity contribution in [1.29, 1.82) is 0 Å². The molecule has 2 aromatic rings. The van der Waals surface area contributed by atoms with Crippen LogP contribution in [0.3, 0.4) is 0 Å². The van der Waals surface area contributed by atoms with Gasteiger partial charge < -0.3 is 20.1 Å². The fraction of sp³-hybridized carbons (Fsp3) is 0.476. The van der Waals surface area contributed by atoms with Crippen molar-refractivity contribution in [3.8, 4) is 5.69 Å². The van der Waals surface area contributed by atoms with Crippen molar-refractivity contribution < 1.29 is 4.79 Å². The smallest absolute Gasteiger partial charge is 0.253 e. The summed E-state index contributed by atoms with van der Waals surface area (Å²) in [6, 6.07) is 10.4. The molecule has 3 rings (SSSR count). The first-order chi connectivity index (χ1) is 12.6. The number of nitrogens with one attached hydrogen (secondary N) is 2. The molecule has 1 fully saturated rings. The highest BCUT2D eigenvalue weighted by Gasteiger charge is 2.16. The number of amides is 1. The minimum atomic E-state index is 0.0253. The van der Waals surface area contributed by atoms with E-state index in [1.54, 1.807) is 0 Å². The maximum atomic E-state index is 12.6. The highest BCUT2D eigenvalue weighted by molar-refractivity contribution is 5.95. The molecule has 1 saturated heterocycles. The zero-order valence-corrected chi connectivity index (χ0v) is 16.1. The summed E-state index contributed by atoms with van der Waals surface area (Å²) in [6.45, 7) is 12.3. The van der Waals surface area contributed by atoms with Crippen molar-refractivity contribution in [3.63, 3.8) is 0 Å². The van der Waals surface area contributed by atoms with E-state index >= 15 is 0 Å². The average molecular weight is 354 g/mol. The molecular formula is C21H30N4O. The Labute approximate surface area is 156 Å². The van der Waals surface area contributed by atoms with Gasteiger partial charge >= 0.3 is 0 Å². The standard InChI is InChI=1S/C21H30N4O/c1-16-6-4-7-19(14-16)25-17(2)15-20(18(25)3)21(26)23-8-5-11-24-12-9-22-10-13-24/h4,6-7,14-15,22H,5,8-13H2,1-3H3,(H,23,26). The lowest BCUT2D eigenvalue weighted by Gasteiger charge is -2.27. The Hall–Kier alpha value is -2.11. The maximum Gasteiger partial charge on any atom is 0.253 e. The molecular weight excluding hydrogens is 324 g/mol. The molecule has 1 aromatic heterocycles. The van der Waals surface area contributed by atoms with E-state index in [-0.39, 0.29) is 5.91 Å². The number of benzene rings is 1. The monoisotopic (exact) mass is 354 g/mol. The van der Waals surface area contributed by atoms with Crippen molar-refractivity contribution in [3.05, 3.63) is 52.8 Å².